The van der Waals surface area contributed by atoms with Gasteiger partial charge in [-0.3, -0.25) is 9.36 Å². The van der Waals surface area contributed by atoms with Gasteiger partial charge in [0.05, 0.1) is 34.5 Å². The number of hydrogen-bond acceptors (Lipinski definition) is 5. The standard InChI is InChI=1S/C22H22Cl2N4O2S/c1-4-11-28-21(16-7-5-6-8-19(16)30-3)26-27-22(28)31-13-20(29)25-14(2)15-9-10-17(23)18(24)12-15/h4-10,12,14H,1,11,13H2,2-3H3,(H,25,29). The van der Waals surface area contributed by atoms with Crippen molar-refractivity contribution in [3.8, 4) is 17.1 Å². The average Bonchev–Trinajstić information content (AvgIpc) is 3.16. The van der Waals surface area contributed by atoms with Crippen LogP contribution in [0, 0.1) is 0 Å². The summed E-state index contributed by atoms with van der Waals surface area (Å²) in [5.74, 6) is 1.41. The molecule has 0 aliphatic rings. The molecule has 0 spiro atoms. The van der Waals surface area contributed by atoms with Gasteiger partial charge in [0.15, 0.2) is 11.0 Å². The summed E-state index contributed by atoms with van der Waals surface area (Å²) < 4.78 is 7.35. The number of nitrogens with one attached hydrogen (secondary N) is 1. The van der Waals surface area contributed by atoms with E-state index >= 15 is 0 Å². The smallest absolute Gasteiger partial charge is 0.230 e. The van der Waals surface area contributed by atoms with Gasteiger partial charge in [-0.25, -0.2) is 0 Å². The summed E-state index contributed by atoms with van der Waals surface area (Å²) in [4.78, 5) is 12.5. The number of ether oxygens (including phenoxy) is 1. The van der Waals surface area contributed by atoms with E-state index in [2.05, 4.69) is 22.1 Å². The zero-order valence-electron chi connectivity index (χ0n) is 17.1. The maximum atomic E-state index is 12.5. The van der Waals surface area contributed by atoms with E-state index in [4.69, 9.17) is 27.9 Å². The van der Waals surface area contributed by atoms with Crippen molar-refractivity contribution in [1.29, 1.82) is 0 Å². The van der Waals surface area contributed by atoms with Gasteiger partial charge in [0.1, 0.15) is 5.75 Å². The Bertz CT molecular complexity index is 1090. The molecule has 1 unspecified atom stereocenters. The van der Waals surface area contributed by atoms with Crippen LogP contribution in [0.3, 0.4) is 0 Å². The fourth-order valence-electron chi connectivity index (χ4n) is 3.00. The van der Waals surface area contributed by atoms with Gasteiger partial charge in [0.25, 0.3) is 0 Å². The summed E-state index contributed by atoms with van der Waals surface area (Å²) in [6, 6.07) is 12.7. The van der Waals surface area contributed by atoms with E-state index in [-0.39, 0.29) is 17.7 Å². The lowest BCUT2D eigenvalue weighted by Gasteiger charge is -2.15. The largest absolute Gasteiger partial charge is 0.496 e. The van der Waals surface area contributed by atoms with Crippen molar-refractivity contribution in [2.75, 3.05) is 12.9 Å². The van der Waals surface area contributed by atoms with Crippen LogP contribution in [0.25, 0.3) is 11.4 Å². The Kier molecular flexibility index (Phi) is 8.01. The van der Waals surface area contributed by atoms with Crippen molar-refractivity contribution in [1.82, 2.24) is 20.1 Å². The minimum atomic E-state index is -0.210. The molecule has 0 aliphatic carbocycles. The Morgan fingerprint density at radius 3 is 2.74 bits per heavy atom. The molecule has 31 heavy (non-hydrogen) atoms. The fourth-order valence-corrected chi connectivity index (χ4v) is 4.06. The number of methoxy groups -OCH3 is 1. The average molecular weight is 477 g/mol. The SMILES string of the molecule is C=CCn1c(SCC(=O)NC(C)c2ccc(Cl)c(Cl)c2)nnc1-c1ccccc1OC. The Morgan fingerprint density at radius 2 is 2.03 bits per heavy atom. The van der Waals surface area contributed by atoms with Gasteiger partial charge < -0.3 is 10.1 Å². The molecule has 0 saturated heterocycles. The van der Waals surface area contributed by atoms with E-state index in [0.717, 1.165) is 11.1 Å². The molecule has 3 aromatic rings. The number of thioether (sulfide) groups is 1. The molecule has 0 saturated carbocycles. The van der Waals surface area contributed by atoms with Gasteiger partial charge in [0, 0.05) is 6.54 Å². The third-order valence-corrected chi connectivity index (χ3v) is 6.24. The van der Waals surface area contributed by atoms with Gasteiger partial charge in [0.2, 0.25) is 5.91 Å². The highest BCUT2D eigenvalue weighted by Crippen LogP contribution is 2.31. The fraction of sp³-hybridized carbons (Fsp3) is 0.227. The van der Waals surface area contributed by atoms with Crippen LogP contribution >= 0.6 is 35.0 Å². The zero-order valence-corrected chi connectivity index (χ0v) is 19.5. The third kappa shape index (κ3) is 5.61. The minimum Gasteiger partial charge on any atom is -0.496 e. The zero-order chi connectivity index (χ0) is 22.4. The quantitative estimate of drug-likeness (QED) is 0.330. The highest BCUT2D eigenvalue weighted by Gasteiger charge is 2.18. The first-order chi connectivity index (χ1) is 14.9. The van der Waals surface area contributed by atoms with E-state index < -0.39 is 0 Å². The van der Waals surface area contributed by atoms with Crippen LogP contribution in [-0.2, 0) is 11.3 Å². The summed E-state index contributed by atoms with van der Waals surface area (Å²) in [5.41, 5.74) is 1.70. The number of allylic oxidation sites excluding steroid dienone is 1. The van der Waals surface area contributed by atoms with Crippen molar-refractivity contribution in [2.24, 2.45) is 0 Å². The van der Waals surface area contributed by atoms with Crippen LogP contribution < -0.4 is 10.1 Å². The number of carbonyl (C=O) groups excluding carboxylic acids is 1. The number of carbonyl (C=O) groups is 1. The molecule has 1 heterocycles. The summed E-state index contributed by atoms with van der Waals surface area (Å²) in [5, 5.41) is 13.1. The van der Waals surface area contributed by atoms with Gasteiger partial charge >= 0.3 is 0 Å². The number of nitrogens with zero attached hydrogens (tertiary/aromatic N) is 3. The van der Waals surface area contributed by atoms with Crippen molar-refractivity contribution in [3.05, 3.63) is 70.7 Å². The molecule has 3 rings (SSSR count). The number of halogens is 2. The second kappa shape index (κ2) is 10.7. The molecule has 162 valence electrons. The van der Waals surface area contributed by atoms with Crippen LogP contribution in [0.4, 0.5) is 0 Å². The van der Waals surface area contributed by atoms with E-state index in [1.54, 1.807) is 25.3 Å². The number of amides is 1. The summed E-state index contributed by atoms with van der Waals surface area (Å²) in [7, 11) is 1.61. The first-order valence-electron chi connectivity index (χ1n) is 9.49. The highest BCUT2D eigenvalue weighted by atomic mass is 35.5. The van der Waals surface area contributed by atoms with E-state index in [1.807, 2.05) is 41.8 Å². The maximum Gasteiger partial charge on any atom is 0.230 e. The maximum absolute atomic E-state index is 12.5. The monoisotopic (exact) mass is 476 g/mol. The lowest BCUT2D eigenvalue weighted by atomic mass is 10.1. The number of para-hydroxylation sites is 1. The Balaban J connectivity index is 1.71. The second-order valence-corrected chi connectivity index (χ2v) is 8.41. The molecular formula is C22H22Cl2N4O2S. The topological polar surface area (TPSA) is 69.0 Å². The summed E-state index contributed by atoms with van der Waals surface area (Å²) in [6.07, 6.45) is 1.76. The number of rotatable bonds is 9. The van der Waals surface area contributed by atoms with Crippen molar-refractivity contribution >= 4 is 40.9 Å². The van der Waals surface area contributed by atoms with Gasteiger partial charge in [-0.15, -0.1) is 16.8 Å². The van der Waals surface area contributed by atoms with Gasteiger partial charge in [-0.05, 0) is 36.8 Å². The minimum absolute atomic E-state index is 0.129. The van der Waals surface area contributed by atoms with Crippen LogP contribution in [0.2, 0.25) is 10.0 Å². The Morgan fingerprint density at radius 1 is 1.26 bits per heavy atom. The molecular weight excluding hydrogens is 455 g/mol. The van der Waals surface area contributed by atoms with Crippen molar-refractivity contribution in [3.63, 3.8) is 0 Å². The molecule has 9 heteroatoms. The van der Waals surface area contributed by atoms with E-state index in [1.165, 1.54) is 11.8 Å². The molecule has 1 aromatic heterocycles. The van der Waals surface area contributed by atoms with Gasteiger partial charge in [-0.1, -0.05) is 59.2 Å². The van der Waals surface area contributed by atoms with E-state index in [9.17, 15) is 4.79 Å². The summed E-state index contributed by atoms with van der Waals surface area (Å²) >= 11 is 13.3. The summed E-state index contributed by atoms with van der Waals surface area (Å²) in [6.45, 7) is 6.21. The van der Waals surface area contributed by atoms with Crippen LogP contribution in [0.15, 0.2) is 60.3 Å². The lowest BCUT2D eigenvalue weighted by molar-refractivity contribution is -0.119. The lowest BCUT2D eigenvalue weighted by Crippen LogP contribution is -2.28. The molecule has 1 N–H and O–H groups in total. The van der Waals surface area contributed by atoms with Crippen LogP contribution in [0.1, 0.15) is 18.5 Å². The normalized spacial score (nSPS) is 11.7. The van der Waals surface area contributed by atoms with Crippen molar-refractivity contribution in [2.45, 2.75) is 24.7 Å². The van der Waals surface area contributed by atoms with E-state index in [0.29, 0.717) is 33.3 Å². The second-order valence-electron chi connectivity index (χ2n) is 6.66. The predicted molar refractivity (Wildman–Crippen MR) is 126 cm³/mol. The van der Waals surface area contributed by atoms with Gasteiger partial charge in [-0.2, -0.15) is 0 Å². The van der Waals surface area contributed by atoms with Crippen LogP contribution in [0.5, 0.6) is 5.75 Å². The molecule has 0 aliphatic heterocycles. The number of hydrogen-bond donors (Lipinski definition) is 1. The molecule has 0 bridgehead atoms. The molecule has 0 radical (unpaired) electrons. The first kappa shape index (κ1) is 23.2. The molecule has 6 nitrogen and oxygen atoms in total. The van der Waals surface area contributed by atoms with Crippen molar-refractivity contribution < 1.29 is 9.53 Å². The number of aromatic nitrogens is 3. The molecule has 1 atom stereocenters. The van der Waals surface area contributed by atoms with Crippen LogP contribution in [-0.4, -0.2) is 33.5 Å². The third-order valence-electron chi connectivity index (χ3n) is 4.53. The highest BCUT2D eigenvalue weighted by molar-refractivity contribution is 7.99. The molecule has 0 fully saturated rings. The predicted octanol–water partition coefficient (Wildman–Crippen LogP) is 5.42. The Labute approximate surface area is 195 Å². The first-order valence-corrected chi connectivity index (χ1v) is 11.2. The number of benzene rings is 2. The molecule has 1 amide bonds. The molecule has 2 aromatic carbocycles. The Hall–Kier alpha value is -2.48.